The van der Waals surface area contributed by atoms with Gasteiger partial charge in [-0.05, 0) is 24.6 Å². The fourth-order valence-corrected chi connectivity index (χ4v) is 1.89. The molecule has 2 nitrogen and oxygen atoms in total. The minimum absolute atomic E-state index is 0.122. The highest BCUT2D eigenvalue weighted by atomic mass is 35.5. The molecule has 0 radical (unpaired) electrons. The van der Waals surface area contributed by atoms with Crippen molar-refractivity contribution in [3.63, 3.8) is 0 Å². The van der Waals surface area contributed by atoms with E-state index in [4.69, 9.17) is 23.2 Å². The Labute approximate surface area is 112 Å². The van der Waals surface area contributed by atoms with Crippen LogP contribution in [0.1, 0.15) is 32.3 Å². The van der Waals surface area contributed by atoms with Crippen molar-refractivity contribution in [3.05, 3.63) is 33.8 Å². The predicted octanol–water partition coefficient (Wildman–Crippen LogP) is 3.66. The SMILES string of the molecule is CC(=O)[C@H](CNC(C)C)c1ccc(Cl)c(Cl)c1. The highest BCUT2D eigenvalue weighted by molar-refractivity contribution is 6.42. The van der Waals surface area contributed by atoms with E-state index in [2.05, 4.69) is 5.32 Å². The molecule has 0 saturated heterocycles. The van der Waals surface area contributed by atoms with Gasteiger partial charge in [0.2, 0.25) is 0 Å². The Morgan fingerprint density at radius 2 is 1.94 bits per heavy atom. The number of carbonyl (C=O) groups is 1. The Morgan fingerprint density at radius 3 is 2.41 bits per heavy atom. The Bertz CT molecular complexity index is 404. The van der Waals surface area contributed by atoms with E-state index in [9.17, 15) is 4.79 Å². The molecule has 0 aliphatic rings. The lowest BCUT2D eigenvalue weighted by atomic mass is 9.95. The normalized spacial score (nSPS) is 12.8. The van der Waals surface area contributed by atoms with Crippen molar-refractivity contribution >= 4 is 29.0 Å². The van der Waals surface area contributed by atoms with E-state index < -0.39 is 0 Å². The molecule has 1 aromatic carbocycles. The highest BCUT2D eigenvalue weighted by Crippen LogP contribution is 2.26. The van der Waals surface area contributed by atoms with Gasteiger partial charge >= 0.3 is 0 Å². The van der Waals surface area contributed by atoms with Gasteiger partial charge in [0.25, 0.3) is 0 Å². The van der Waals surface area contributed by atoms with E-state index in [-0.39, 0.29) is 11.7 Å². The first kappa shape index (κ1) is 14.5. The first-order valence-corrected chi connectivity index (χ1v) is 6.36. The van der Waals surface area contributed by atoms with Crippen LogP contribution in [0.5, 0.6) is 0 Å². The first-order chi connectivity index (χ1) is 7.91. The maximum Gasteiger partial charge on any atom is 0.138 e. The molecule has 1 atom stereocenters. The van der Waals surface area contributed by atoms with Crippen molar-refractivity contribution in [2.75, 3.05) is 6.54 Å². The lowest BCUT2D eigenvalue weighted by Crippen LogP contribution is -2.30. The number of ketones is 1. The standard InChI is InChI=1S/C13H17Cl2NO/c1-8(2)16-7-11(9(3)17)10-4-5-12(14)13(15)6-10/h4-6,8,11,16H,7H2,1-3H3/t11-/m0/s1. The van der Waals surface area contributed by atoms with E-state index in [1.54, 1.807) is 19.1 Å². The molecule has 1 aromatic rings. The topological polar surface area (TPSA) is 29.1 Å². The number of hydrogen-bond acceptors (Lipinski definition) is 2. The van der Waals surface area contributed by atoms with Crippen LogP contribution in [0.15, 0.2) is 18.2 Å². The third-order valence-corrected chi connectivity index (χ3v) is 3.31. The molecule has 0 aliphatic carbocycles. The summed E-state index contributed by atoms with van der Waals surface area (Å²) in [4.78, 5) is 11.6. The highest BCUT2D eigenvalue weighted by Gasteiger charge is 2.17. The molecule has 0 saturated carbocycles. The van der Waals surface area contributed by atoms with Crippen LogP contribution in [0.3, 0.4) is 0 Å². The second-order valence-electron chi connectivity index (χ2n) is 4.40. The molecule has 0 amide bonds. The van der Waals surface area contributed by atoms with Crippen LogP contribution in [-0.2, 0) is 4.79 Å². The summed E-state index contributed by atoms with van der Waals surface area (Å²) in [5.74, 6) is -0.0521. The zero-order chi connectivity index (χ0) is 13.0. The Kier molecular flexibility index (Phi) is 5.44. The number of hydrogen-bond donors (Lipinski definition) is 1. The molecule has 17 heavy (non-hydrogen) atoms. The summed E-state index contributed by atoms with van der Waals surface area (Å²) in [6.45, 7) is 6.30. The second-order valence-corrected chi connectivity index (χ2v) is 5.21. The molecule has 0 aromatic heterocycles. The Hall–Kier alpha value is -0.570. The smallest absolute Gasteiger partial charge is 0.138 e. The molecule has 0 fully saturated rings. The lowest BCUT2D eigenvalue weighted by molar-refractivity contribution is -0.118. The quantitative estimate of drug-likeness (QED) is 0.887. The minimum Gasteiger partial charge on any atom is -0.313 e. The fourth-order valence-electron chi connectivity index (χ4n) is 1.58. The van der Waals surface area contributed by atoms with Crippen molar-refractivity contribution < 1.29 is 4.79 Å². The Balaban J connectivity index is 2.89. The Morgan fingerprint density at radius 1 is 1.29 bits per heavy atom. The van der Waals surface area contributed by atoms with E-state index >= 15 is 0 Å². The monoisotopic (exact) mass is 273 g/mol. The summed E-state index contributed by atoms with van der Waals surface area (Å²) >= 11 is 11.8. The zero-order valence-electron chi connectivity index (χ0n) is 10.3. The molecule has 0 heterocycles. The van der Waals surface area contributed by atoms with Crippen LogP contribution in [0.25, 0.3) is 0 Å². The second kappa shape index (κ2) is 6.39. The maximum absolute atomic E-state index is 11.6. The molecule has 1 N–H and O–H groups in total. The molecule has 0 spiro atoms. The zero-order valence-corrected chi connectivity index (χ0v) is 11.8. The number of nitrogens with one attached hydrogen (secondary N) is 1. The average molecular weight is 274 g/mol. The van der Waals surface area contributed by atoms with Crippen molar-refractivity contribution in [1.29, 1.82) is 0 Å². The molecule has 94 valence electrons. The van der Waals surface area contributed by atoms with Crippen molar-refractivity contribution in [3.8, 4) is 0 Å². The van der Waals surface area contributed by atoms with Crippen molar-refractivity contribution in [2.45, 2.75) is 32.7 Å². The molecule has 0 aliphatic heterocycles. The van der Waals surface area contributed by atoms with Crippen LogP contribution in [0.2, 0.25) is 10.0 Å². The molecular formula is C13H17Cl2NO. The number of benzene rings is 1. The molecule has 1 rings (SSSR count). The summed E-state index contributed by atoms with van der Waals surface area (Å²) in [7, 11) is 0. The number of Topliss-reactive ketones (excluding diaryl/α,β-unsaturated/α-hetero) is 1. The number of rotatable bonds is 5. The molecule has 0 bridgehead atoms. The minimum atomic E-state index is -0.174. The molecular weight excluding hydrogens is 257 g/mol. The van der Waals surface area contributed by atoms with Crippen molar-refractivity contribution in [1.82, 2.24) is 5.32 Å². The van der Waals surface area contributed by atoms with Gasteiger partial charge in [-0.3, -0.25) is 4.79 Å². The molecule has 0 unspecified atom stereocenters. The van der Waals surface area contributed by atoms with E-state index in [0.29, 0.717) is 22.6 Å². The van der Waals surface area contributed by atoms with Gasteiger partial charge in [0.1, 0.15) is 5.78 Å². The number of carbonyl (C=O) groups excluding carboxylic acids is 1. The third kappa shape index (κ3) is 4.30. The van der Waals surface area contributed by atoms with Crippen LogP contribution < -0.4 is 5.32 Å². The fraction of sp³-hybridized carbons (Fsp3) is 0.462. The average Bonchev–Trinajstić information content (AvgIpc) is 2.22. The third-order valence-electron chi connectivity index (χ3n) is 2.57. The van der Waals surface area contributed by atoms with Crippen molar-refractivity contribution in [2.24, 2.45) is 0 Å². The largest absolute Gasteiger partial charge is 0.313 e. The van der Waals surface area contributed by atoms with Crippen LogP contribution in [0.4, 0.5) is 0 Å². The van der Waals surface area contributed by atoms with Gasteiger partial charge in [0.05, 0.1) is 16.0 Å². The van der Waals surface area contributed by atoms with E-state index in [1.807, 2.05) is 19.9 Å². The van der Waals surface area contributed by atoms with Gasteiger partial charge in [0.15, 0.2) is 0 Å². The predicted molar refractivity (Wildman–Crippen MR) is 73.0 cm³/mol. The van der Waals surface area contributed by atoms with Crippen LogP contribution in [0, 0.1) is 0 Å². The summed E-state index contributed by atoms with van der Waals surface area (Å²) in [5.41, 5.74) is 0.903. The van der Waals surface area contributed by atoms with Gasteiger partial charge in [-0.15, -0.1) is 0 Å². The lowest BCUT2D eigenvalue weighted by Gasteiger charge is -2.17. The summed E-state index contributed by atoms with van der Waals surface area (Å²) in [6, 6.07) is 5.68. The van der Waals surface area contributed by atoms with Gasteiger partial charge in [-0.25, -0.2) is 0 Å². The van der Waals surface area contributed by atoms with E-state index in [0.717, 1.165) is 5.56 Å². The van der Waals surface area contributed by atoms with Gasteiger partial charge in [-0.2, -0.15) is 0 Å². The van der Waals surface area contributed by atoms with Crippen LogP contribution in [-0.4, -0.2) is 18.4 Å². The summed E-state index contributed by atoms with van der Waals surface area (Å²) in [5, 5.41) is 4.26. The van der Waals surface area contributed by atoms with Gasteiger partial charge in [0, 0.05) is 12.6 Å². The van der Waals surface area contributed by atoms with Gasteiger partial charge in [-0.1, -0.05) is 43.1 Å². The maximum atomic E-state index is 11.6. The number of halogens is 2. The summed E-state index contributed by atoms with van der Waals surface area (Å²) < 4.78 is 0. The van der Waals surface area contributed by atoms with E-state index in [1.165, 1.54) is 0 Å². The first-order valence-electron chi connectivity index (χ1n) is 5.60. The summed E-state index contributed by atoms with van der Waals surface area (Å²) in [6.07, 6.45) is 0. The van der Waals surface area contributed by atoms with Gasteiger partial charge < -0.3 is 5.32 Å². The van der Waals surface area contributed by atoms with Crippen LogP contribution >= 0.6 is 23.2 Å². The molecule has 4 heteroatoms.